The smallest absolute Gasteiger partial charge is 0.329 e. The van der Waals surface area contributed by atoms with E-state index in [0.29, 0.717) is 6.42 Å². The predicted molar refractivity (Wildman–Crippen MR) is 76.5 cm³/mol. The van der Waals surface area contributed by atoms with Crippen molar-refractivity contribution in [2.24, 2.45) is 0 Å². The van der Waals surface area contributed by atoms with E-state index in [1.54, 1.807) is 6.92 Å². The monoisotopic (exact) mass is 314 g/mol. The van der Waals surface area contributed by atoms with Crippen LogP contribution in [-0.2, 0) is 4.79 Å². The molecule has 1 unspecified atom stereocenters. The number of hydrogen-bond donors (Lipinski definition) is 2. The number of aliphatic carboxylic acids is 1. The number of nitrogens with zero attached hydrogens (tertiary/aromatic N) is 1. The van der Waals surface area contributed by atoms with Gasteiger partial charge in [-0.25, -0.2) is 4.79 Å². The van der Waals surface area contributed by atoms with Gasteiger partial charge < -0.3 is 10.4 Å². The third-order valence-corrected chi connectivity index (χ3v) is 3.43. The third-order valence-electron chi connectivity index (χ3n) is 3.03. The highest BCUT2D eigenvalue weighted by molar-refractivity contribution is 6.35. The summed E-state index contributed by atoms with van der Waals surface area (Å²) in [4.78, 5) is 33.5. The van der Waals surface area contributed by atoms with E-state index in [1.165, 1.54) is 25.1 Å². The molecule has 0 aliphatic carbocycles. The van der Waals surface area contributed by atoms with E-state index >= 15 is 0 Å². The number of benzene rings is 1. The lowest BCUT2D eigenvalue weighted by Gasteiger charge is -2.25. The van der Waals surface area contributed by atoms with Crippen LogP contribution in [0.5, 0.6) is 0 Å². The highest BCUT2D eigenvalue weighted by atomic mass is 35.5. The lowest BCUT2D eigenvalue weighted by molar-refractivity contribution is -0.384. The lowest BCUT2D eigenvalue weighted by atomic mass is 9.95. The first-order chi connectivity index (χ1) is 9.73. The highest BCUT2D eigenvalue weighted by Crippen LogP contribution is 2.28. The van der Waals surface area contributed by atoms with Crippen LogP contribution >= 0.6 is 11.6 Å². The summed E-state index contributed by atoms with van der Waals surface area (Å²) >= 11 is 5.83. The first kappa shape index (κ1) is 16.9. The molecule has 1 atom stereocenters. The summed E-state index contributed by atoms with van der Waals surface area (Å²) in [6.45, 7) is 3.16. The second-order valence-electron chi connectivity index (χ2n) is 4.74. The molecule has 0 heterocycles. The van der Waals surface area contributed by atoms with Gasteiger partial charge >= 0.3 is 5.97 Å². The summed E-state index contributed by atoms with van der Waals surface area (Å²) in [6.07, 6.45) is 0.770. The fraction of sp³-hybridized carbons (Fsp3) is 0.385. The molecule has 1 amide bonds. The molecule has 1 rings (SSSR count). The normalized spacial score (nSPS) is 13.3. The van der Waals surface area contributed by atoms with E-state index in [1.807, 2.05) is 0 Å². The fourth-order valence-electron chi connectivity index (χ4n) is 1.88. The minimum Gasteiger partial charge on any atom is -0.480 e. The van der Waals surface area contributed by atoms with Crippen LogP contribution in [0.1, 0.15) is 37.0 Å². The fourth-order valence-corrected chi connectivity index (χ4v) is 2.16. The maximum absolute atomic E-state index is 12.2. The topological polar surface area (TPSA) is 110 Å². The summed E-state index contributed by atoms with van der Waals surface area (Å²) in [7, 11) is 0. The number of hydrogen-bond acceptors (Lipinski definition) is 4. The number of nitrogens with one attached hydrogen (secondary N) is 1. The third kappa shape index (κ3) is 3.69. The Bertz CT molecular complexity index is 590. The average Bonchev–Trinajstić information content (AvgIpc) is 2.38. The molecule has 2 N–H and O–H groups in total. The average molecular weight is 315 g/mol. The van der Waals surface area contributed by atoms with Crippen LogP contribution < -0.4 is 5.32 Å². The van der Waals surface area contributed by atoms with Crippen LogP contribution in [0.25, 0.3) is 0 Å². The van der Waals surface area contributed by atoms with Gasteiger partial charge in [0.2, 0.25) is 0 Å². The van der Waals surface area contributed by atoms with Crippen molar-refractivity contribution in [3.63, 3.8) is 0 Å². The van der Waals surface area contributed by atoms with Gasteiger partial charge in [0.15, 0.2) is 0 Å². The lowest BCUT2D eigenvalue weighted by Crippen LogP contribution is -2.52. The Balaban J connectivity index is 3.12. The number of rotatable bonds is 6. The summed E-state index contributed by atoms with van der Waals surface area (Å²) in [5.74, 6) is -1.94. The van der Waals surface area contributed by atoms with Gasteiger partial charge in [-0.15, -0.1) is 0 Å². The zero-order valence-corrected chi connectivity index (χ0v) is 12.3. The van der Waals surface area contributed by atoms with Crippen molar-refractivity contribution in [1.82, 2.24) is 5.32 Å². The largest absolute Gasteiger partial charge is 0.480 e. The van der Waals surface area contributed by atoms with Gasteiger partial charge in [-0.1, -0.05) is 31.0 Å². The van der Waals surface area contributed by atoms with Crippen LogP contribution in [0.2, 0.25) is 5.02 Å². The number of carbonyl (C=O) groups excluding carboxylic acids is 1. The number of carboxylic acids is 1. The van der Waals surface area contributed by atoms with Crippen LogP contribution in [0.3, 0.4) is 0 Å². The Kier molecular flexibility index (Phi) is 5.26. The van der Waals surface area contributed by atoms with Crippen molar-refractivity contribution in [3.05, 3.63) is 38.9 Å². The molecule has 0 aliphatic heterocycles. The Hall–Kier alpha value is -2.15. The van der Waals surface area contributed by atoms with Crippen molar-refractivity contribution in [3.8, 4) is 0 Å². The number of carbonyl (C=O) groups is 2. The van der Waals surface area contributed by atoms with E-state index in [9.17, 15) is 24.8 Å². The summed E-state index contributed by atoms with van der Waals surface area (Å²) in [5, 5.41) is 22.1. The predicted octanol–water partition coefficient (Wildman–Crippen LogP) is 2.62. The number of carboxylic acid groups (broad SMARTS) is 1. The maximum atomic E-state index is 12.2. The van der Waals surface area contributed by atoms with Crippen LogP contribution in [-0.4, -0.2) is 27.4 Å². The van der Waals surface area contributed by atoms with E-state index in [4.69, 9.17) is 11.6 Å². The van der Waals surface area contributed by atoms with Crippen LogP contribution in [0.15, 0.2) is 18.2 Å². The molecule has 0 saturated heterocycles. The molecule has 0 aliphatic rings. The van der Waals surface area contributed by atoms with Gasteiger partial charge in [0.25, 0.3) is 11.6 Å². The first-order valence-corrected chi connectivity index (χ1v) is 6.59. The molecule has 7 nitrogen and oxygen atoms in total. The Morgan fingerprint density at radius 1 is 1.48 bits per heavy atom. The molecule has 0 bridgehead atoms. The van der Waals surface area contributed by atoms with E-state index in [-0.39, 0.29) is 17.0 Å². The Morgan fingerprint density at radius 2 is 2.10 bits per heavy atom. The SMILES string of the molecule is CCCC(C)(NC(=O)c1cccc([N+](=O)[O-])c1Cl)C(=O)O. The molecule has 1 aromatic rings. The van der Waals surface area contributed by atoms with Gasteiger partial charge in [0, 0.05) is 6.07 Å². The molecular weight excluding hydrogens is 300 g/mol. The van der Waals surface area contributed by atoms with Gasteiger partial charge in [-0.05, 0) is 19.4 Å². The Morgan fingerprint density at radius 3 is 2.57 bits per heavy atom. The van der Waals surface area contributed by atoms with Gasteiger partial charge in [-0.2, -0.15) is 0 Å². The summed E-state index contributed by atoms with van der Waals surface area (Å²) in [6, 6.07) is 3.79. The molecule has 21 heavy (non-hydrogen) atoms. The van der Waals surface area contributed by atoms with Gasteiger partial charge in [0.1, 0.15) is 10.6 Å². The van der Waals surface area contributed by atoms with Crippen molar-refractivity contribution in [2.45, 2.75) is 32.2 Å². The maximum Gasteiger partial charge on any atom is 0.329 e. The number of nitro benzene ring substituents is 1. The molecule has 8 heteroatoms. The molecule has 0 fully saturated rings. The second-order valence-corrected chi connectivity index (χ2v) is 5.12. The van der Waals surface area contributed by atoms with Crippen molar-refractivity contribution < 1.29 is 19.6 Å². The first-order valence-electron chi connectivity index (χ1n) is 6.21. The van der Waals surface area contributed by atoms with Crippen LogP contribution in [0.4, 0.5) is 5.69 Å². The number of halogens is 1. The van der Waals surface area contributed by atoms with Crippen molar-refractivity contribution >= 4 is 29.2 Å². The summed E-state index contributed by atoms with van der Waals surface area (Å²) < 4.78 is 0. The zero-order valence-electron chi connectivity index (χ0n) is 11.6. The van der Waals surface area contributed by atoms with E-state index < -0.39 is 28.0 Å². The minimum absolute atomic E-state index is 0.130. The second kappa shape index (κ2) is 6.53. The molecule has 0 radical (unpaired) electrons. The molecular formula is C13H15ClN2O5. The van der Waals surface area contributed by atoms with Gasteiger partial charge in [-0.3, -0.25) is 14.9 Å². The Labute approximate surface area is 126 Å². The minimum atomic E-state index is -1.46. The number of nitro groups is 1. The van der Waals surface area contributed by atoms with Crippen molar-refractivity contribution in [2.75, 3.05) is 0 Å². The standard InChI is InChI=1S/C13H15ClN2O5/c1-3-7-13(2,12(18)19)15-11(17)8-5-4-6-9(10(8)14)16(20)21/h4-6H,3,7H2,1-2H3,(H,15,17)(H,18,19). The number of amides is 1. The molecule has 0 aromatic heterocycles. The molecule has 0 spiro atoms. The zero-order chi connectivity index (χ0) is 16.2. The van der Waals surface area contributed by atoms with E-state index in [0.717, 1.165) is 0 Å². The summed E-state index contributed by atoms with van der Waals surface area (Å²) in [5.41, 5.74) is -1.99. The van der Waals surface area contributed by atoms with E-state index in [2.05, 4.69) is 5.32 Å². The molecule has 1 aromatic carbocycles. The highest BCUT2D eigenvalue weighted by Gasteiger charge is 2.35. The quantitative estimate of drug-likeness (QED) is 0.619. The van der Waals surface area contributed by atoms with Crippen molar-refractivity contribution in [1.29, 1.82) is 0 Å². The van der Waals surface area contributed by atoms with Gasteiger partial charge in [0.05, 0.1) is 10.5 Å². The molecule has 0 saturated carbocycles. The van der Waals surface area contributed by atoms with Crippen LogP contribution in [0, 0.1) is 10.1 Å². The molecule has 114 valence electrons.